The number of fused-ring (bicyclic) bond motifs is 3. The minimum Gasteiger partial charge on any atom is -0.490 e. The smallest absolute Gasteiger partial charge is 0.258 e. The molecule has 0 fully saturated rings. The van der Waals surface area contributed by atoms with Gasteiger partial charge >= 0.3 is 0 Å². The first-order chi connectivity index (χ1) is 12.9. The molecule has 0 radical (unpaired) electrons. The molecule has 0 N–H and O–H groups in total. The Bertz CT molecular complexity index is 1060. The van der Waals surface area contributed by atoms with E-state index in [1.807, 2.05) is 45.9 Å². The number of ether oxygens (including phenoxy) is 1. The summed E-state index contributed by atoms with van der Waals surface area (Å²) in [6.45, 7) is 8.62. The van der Waals surface area contributed by atoms with E-state index in [0.29, 0.717) is 29.4 Å². The van der Waals surface area contributed by atoms with Crippen molar-refractivity contribution >= 4 is 23.2 Å². The van der Waals surface area contributed by atoms with Crippen molar-refractivity contribution in [3.63, 3.8) is 0 Å². The van der Waals surface area contributed by atoms with Crippen LogP contribution in [0.25, 0.3) is 5.65 Å². The zero-order valence-electron chi connectivity index (χ0n) is 15.8. The number of nitrogens with zero attached hydrogens (tertiary/aromatic N) is 4. The number of halogens is 1. The lowest BCUT2D eigenvalue weighted by atomic mass is 10.1. The molecule has 3 aromatic rings. The van der Waals surface area contributed by atoms with Crippen molar-refractivity contribution in [3.05, 3.63) is 57.5 Å². The van der Waals surface area contributed by atoms with Gasteiger partial charge in [-0.15, -0.1) is 0 Å². The van der Waals surface area contributed by atoms with Gasteiger partial charge in [0.05, 0.1) is 46.9 Å². The molecule has 1 aliphatic rings. The highest BCUT2D eigenvalue weighted by molar-refractivity contribution is 6.31. The molecule has 1 aliphatic heterocycles. The molecule has 0 bridgehead atoms. The number of aromatic nitrogens is 3. The van der Waals surface area contributed by atoms with Crippen LogP contribution in [0.3, 0.4) is 0 Å². The zero-order chi connectivity index (χ0) is 19.3. The Labute approximate surface area is 162 Å². The van der Waals surface area contributed by atoms with Crippen molar-refractivity contribution in [2.75, 3.05) is 0 Å². The molecular formula is C20H21ClN4O2. The average Bonchev–Trinajstić information content (AvgIpc) is 3.18. The van der Waals surface area contributed by atoms with Gasteiger partial charge in [0.1, 0.15) is 5.75 Å². The van der Waals surface area contributed by atoms with Gasteiger partial charge < -0.3 is 9.64 Å². The van der Waals surface area contributed by atoms with E-state index in [1.165, 1.54) is 0 Å². The van der Waals surface area contributed by atoms with Crippen molar-refractivity contribution in [2.45, 2.75) is 46.9 Å². The lowest BCUT2D eigenvalue weighted by Gasteiger charge is -2.19. The first-order valence-electron chi connectivity index (χ1n) is 8.95. The van der Waals surface area contributed by atoms with Crippen molar-refractivity contribution < 1.29 is 9.53 Å². The van der Waals surface area contributed by atoms with Crippen LogP contribution in [0.4, 0.5) is 0 Å². The standard InChI is InChI=1S/C20H21ClN4O2/c1-11(2)27-17-8-6-5-7-14(17)20(26)24-9-15-16(10-24)23-25-13(4)18(21)12(3)22-19(15)25/h5-8,11H,9-10H2,1-4H3. The molecule has 0 unspecified atom stereocenters. The van der Waals surface area contributed by atoms with Crippen molar-refractivity contribution in [1.82, 2.24) is 19.5 Å². The molecule has 0 aliphatic carbocycles. The number of rotatable bonds is 3. The predicted octanol–water partition coefficient (Wildman–Crippen LogP) is 3.94. The summed E-state index contributed by atoms with van der Waals surface area (Å²) in [6.07, 6.45) is -0.00108. The molecule has 140 valence electrons. The highest BCUT2D eigenvalue weighted by Gasteiger charge is 2.31. The van der Waals surface area contributed by atoms with Crippen molar-refractivity contribution in [1.29, 1.82) is 0 Å². The molecule has 2 aromatic heterocycles. The van der Waals surface area contributed by atoms with Crippen LogP contribution in [0.1, 0.15) is 46.9 Å². The summed E-state index contributed by atoms with van der Waals surface area (Å²) in [5.41, 5.74) is 4.81. The van der Waals surface area contributed by atoms with Crippen LogP contribution in [0, 0.1) is 13.8 Å². The van der Waals surface area contributed by atoms with Crippen molar-refractivity contribution in [2.24, 2.45) is 0 Å². The minimum absolute atomic E-state index is 0.00108. The Morgan fingerprint density at radius 1 is 1.22 bits per heavy atom. The Hall–Kier alpha value is -2.60. The molecule has 0 saturated heterocycles. The highest BCUT2D eigenvalue weighted by Crippen LogP contribution is 2.31. The maximum atomic E-state index is 13.1. The monoisotopic (exact) mass is 384 g/mol. The lowest BCUT2D eigenvalue weighted by Crippen LogP contribution is -2.27. The van der Waals surface area contributed by atoms with Crippen LogP contribution in [0.15, 0.2) is 24.3 Å². The first-order valence-corrected chi connectivity index (χ1v) is 9.32. The van der Waals surface area contributed by atoms with Gasteiger partial charge in [0.2, 0.25) is 0 Å². The molecule has 1 amide bonds. The van der Waals surface area contributed by atoms with E-state index in [9.17, 15) is 4.79 Å². The molecule has 0 spiro atoms. The minimum atomic E-state index is -0.0650. The fourth-order valence-corrected chi connectivity index (χ4v) is 3.55. The Kier molecular flexibility index (Phi) is 4.30. The van der Waals surface area contributed by atoms with Gasteiger partial charge in [-0.05, 0) is 39.8 Å². The normalized spacial score (nSPS) is 13.5. The second kappa shape index (κ2) is 6.53. The largest absolute Gasteiger partial charge is 0.490 e. The molecule has 7 heteroatoms. The van der Waals surface area contributed by atoms with Gasteiger partial charge in [0.15, 0.2) is 5.65 Å². The van der Waals surface area contributed by atoms with E-state index in [1.54, 1.807) is 15.5 Å². The van der Waals surface area contributed by atoms with Crippen LogP contribution in [-0.2, 0) is 13.1 Å². The molecule has 1 aromatic carbocycles. The number of carbonyl (C=O) groups is 1. The van der Waals surface area contributed by atoms with E-state index in [-0.39, 0.29) is 12.0 Å². The number of amides is 1. The second-order valence-corrected chi connectivity index (χ2v) is 7.46. The summed E-state index contributed by atoms with van der Waals surface area (Å²) in [5.74, 6) is 0.540. The summed E-state index contributed by atoms with van der Waals surface area (Å²) in [7, 11) is 0. The lowest BCUT2D eigenvalue weighted by molar-refractivity contribution is 0.0743. The molecule has 3 heterocycles. The third-order valence-electron chi connectivity index (χ3n) is 4.72. The maximum Gasteiger partial charge on any atom is 0.258 e. The van der Waals surface area contributed by atoms with E-state index >= 15 is 0 Å². The van der Waals surface area contributed by atoms with Gasteiger partial charge in [-0.3, -0.25) is 4.79 Å². The van der Waals surface area contributed by atoms with E-state index < -0.39 is 0 Å². The average molecular weight is 385 g/mol. The molecule has 0 atom stereocenters. The quantitative estimate of drug-likeness (QED) is 0.686. The summed E-state index contributed by atoms with van der Waals surface area (Å²) in [6, 6.07) is 7.35. The number of carbonyl (C=O) groups excluding carboxylic acids is 1. The molecule has 0 saturated carbocycles. The maximum absolute atomic E-state index is 13.1. The van der Waals surface area contributed by atoms with Crippen LogP contribution in [0.2, 0.25) is 5.02 Å². The number of hydrogen-bond acceptors (Lipinski definition) is 4. The van der Waals surface area contributed by atoms with E-state index in [4.69, 9.17) is 16.3 Å². The van der Waals surface area contributed by atoms with Gasteiger partial charge in [0, 0.05) is 5.56 Å². The fourth-order valence-electron chi connectivity index (χ4n) is 3.43. The third kappa shape index (κ3) is 2.94. The Morgan fingerprint density at radius 2 is 1.96 bits per heavy atom. The van der Waals surface area contributed by atoms with Gasteiger partial charge in [-0.2, -0.15) is 5.10 Å². The Balaban J connectivity index is 1.67. The number of aryl methyl sites for hydroxylation is 2. The number of hydrogen-bond donors (Lipinski definition) is 0. The zero-order valence-corrected chi connectivity index (χ0v) is 16.5. The summed E-state index contributed by atoms with van der Waals surface area (Å²) in [4.78, 5) is 19.5. The van der Waals surface area contributed by atoms with Crippen LogP contribution < -0.4 is 4.74 Å². The Morgan fingerprint density at radius 3 is 2.70 bits per heavy atom. The van der Waals surface area contributed by atoms with Crippen LogP contribution >= 0.6 is 11.6 Å². The van der Waals surface area contributed by atoms with E-state index in [2.05, 4.69) is 10.1 Å². The topological polar surface area (TPSA) is 59.7 Å². The molecular weight excluding hydrogens is 364 g/mol. The fraction of sp³-hybridized carbons (Fsp3) is 0.350. The van der Waals surface area contributed by atoms with Crippen LogP contribution in [0.5, 0.6) is 5.75 Å². The third-order valence-corrected chi connectivity index (χ3v) is 5.27. The predicted molar refractivity (Wildman–Crippen MR) is 103 cm³/mol. The number of para-hydroxylation sites is 1. The SMILES string of the molecule is Cc1nc2c3c(nn2c(C)c1Cl)CN(C(=O)c1ccccc1OC(C)C)C3. The molecule has 6 nitrogen and oxygen atoms in total. The second-order valence-electron chi connectivity index (χ2n) is 7.08. The molecule has 4 rings (SSSR count). The van der Waals surface area contributed by atoms with Crippen molar-refractivity contribution in [3.8, 4) is 5.75 Å². The number of benzene rings is 1. The summed E-state index contributed by atoms with van der Waals surface area (Å²) < 4.78 is 7.58. The van der Waals surface area contributed by atoms with Gasteiger partial charge in [-0.25, -0.2) is 9.50 Å². The van der Waals surface area contributed by atoms with Crippen LogP contribution in [-0.4, -0.2) is 31.5 Å². The first kappa shape index (κ1) is 17.8. The highest BCUT2D eigenvalue weighted by atomic mass is 35.5. The van der Waals surface area contributed by atoms with Gasteiger partial charge in [0.25, 0.3) is 5.91 Å². The summed E-state index contributed by atoms with van der Waals surface area (Å²) in [5, 5.41) is 5.26. The van der Waals surface area contributed by atoms with Gasteiger partial charge in [-0.1, -0.05) is 23.7 Å². The van der Waals surface area contributed by atoms with E-state index in [0.717, 1.165) is 28.3 Å². The molecule has 27 heavy (non-hydrogen) atoms. The summed E-state index contributed by atoms with van der Waals surface area (Å²) >= 11 is 6.30.